The highest BCUT2D eigenvalue weighted by Gasteiger charge is 2.19. The SMILES string of the molecule is Cc1cc(C2=CCC2C)cc(F)c1C. The van der Waals surface area contributed by atoms with Crippen LogP contribution in [-0.2, 0) is 0 Å². The molecule has 0 radical (unpaired) electrons. The van der Waals surface area contributed by atoms with E-state index in [-0.39, 0.29) is 5.82 Å². The van der Waals surface area contributed by atoms with Crippen molar-refractivity contribution in [2.75, 3.05) is 0 Å². The highest BCUT2D eigenvalue weighted by Crippen LogP contribution is 2.36. The van der Waals surface area contributed by atoms with Gasteiger partial charge in [0.05, 0.1) is 0 Å². The van der Waals surface area contributed by atoms with E-state index in [1.165, 1.54) is 5.57 Å². The summed E-state index contributed by atoms with van der Waals surface area (Å²) in [6.07, 6.45) is 3.32. The normalized spacial score (nSPS) is 20.3. The molecule has 0 saturated carbocycles. The number of aryl methyl sites for hydroxylation is 1. The van der Waals surface area contributed by atoms with E-state index >= 15 is 0 Å². The number of hydrogen-bond acceptors (Lipinski definition) is 0. The third kappa shape index (κ3) is 1.37. The Labute approximate surface area is 84.5 Å². The lowest BCUT2D eigenvalue weighted by Gasteiger charge is -2.24. The van der Waals surface area contributed by atoms with Crippen LogP contribution >= 0.6 is 0 Å². The Balaban J connectivity index is 2.46. The summed E-state index contributed by atoms with van der Waals surface area (Å²) in [5.41, 5.74) is 4.16. The summed E-state index contributed by atoms with van der Waals surface area (Å²) < 4.78 is 13.5. The molecule has 1 atom stereocenters. The quantitative estimate of drug-likeness (QED) is 0.630. The zero-order valence-electron chi connectivity index (χ0n) is 8.89. The van der Waals surface area contributed by atoms with Gasteiger partial charge in [-0.25, -0.2) is 4.39 Å². The van der Waals surface area contributed by atoms with Crippen molar-refractivity contribution < 1.29 is 4.39 Å². The van der Waals surface area contributed by atoms with Gasteiger partial charge in [-0.1, -0.05) is 19.1 Å². The fraction of sp³-hybridized carbons (Fsp3) is 0.385. The van der Waals surface area contributed by atoms with Gasteiger partial charge in [-0.15, -0.1) is 0 Å². The van der Waals surface area contributed by atoms with E-state index in [2.05, 4.69) is 19.1 Å². The Bertz CT molecular complexity index is 379. The second kappa shape index (κ2) is 3.23. The molecule has 1 heteroatoms. The van der Waals surface area contributed by atoms with Gasteiger partial charge in [-0.05, 0) is 54.5 Å². The van der Waals surface area contributed by atoms with E-state index in [1.807, 2.05) is 13.8 Å². The van der Waals surface area contributed by atoms with Gasteiger partial charge in [0.1, 0.15) is 5.82 Å². The molecule has 0 nitrogen and oxygen atoms in total. The molecule has 0 fully saturated rings. The molecule has 1 aromatic rings. The van der Waals surface area contributed by atoms with Gasteiger partial charge in [0.2, 0.25) is 0 Å². The van der Waals surface area contributed by atoms with Crippen LogP contribution in [0, 0.1) is 25.6 Å². The van der Waals surface area contributed by atoms with E-state index < -0.39 is 0 Å². The average molecular weight is 190 g/mol. The maximum atomic E-state index is 13.5. The molecule has 0 amide bonds. The summed E-state index contributed by atoms with van der Waals surface area (Å²) in [5, 5.41) is 0. The maximum absolute atomic E-state index is 13.5. The molecular weight excluding hydrogens is 175 g/mol. The topological polar surface area (TPSA) is 0 Å². The first-order chi connectivity index (χ1) is 6.59. The maximum Gasteiger partial charge on any atom is 0.126 e. The highest BCUT2D eigenvalue weighted by molar-refractivity contribution is 5.72. The molecule has 1 aromatic carbocycles. The minimum absolute atomic E-state index is 0.0833. The van der Waals surface area contributed by atoms with Gasteiger partial charge in [-0.3, -0.25) is 0 Å². The Morgan fingerprint density at radius 1 is 1.29 bits per heavy atom. The second-order valence-electron chi connectivity index (χ2n) is 4.20. The van der Waals surface area contributed by atoms with Crippen LogP contribution in [0.1, 0.15) is 30.0 Å². The van der Waals surface area contributed by atoms with E-state index in [0.717, 1.165) is 23.1 Å². The van der Waals surface area contributed by atoms with Crippen LogP contribution in [0.5, 0.6) is 0 Å². The largest absolute Gasteiger partial charge is 0.207 e. The van der Waals surface area contributed by atoms with Crippen LogP contribution in [0.15, 0.2) is 18.2 Å². The fourth-order valence-corrected chi connectivity index (χ4v) is 1.86. The monoisotopic (exact) mass is 190 g/mol. The van der Waals surface area contributed by atoms with Gasteiger partial charge >= 0.3 is 0 Å². The lowest BCUT2D eigenvalue weighted by molar-refractivity contribution is 0.615. The van der Waals surface area contributed by atoms with Gasteiger partial charge in [0.25, 0.3) is 0 Å². The summed E-state index contributed by atoms with van der Waals surface area (Å²) in [6, 6.07) is 3.74. The molecule has 0 aromatic heterocycles. The number of hydrogen-bond donors (Lipinski definition) is 0. The smallest absolute Gasteiger partial charge is 0.126 e. The van der Waals surface area contributed by atoms with Crippen LogP contribution in [0.25, 0.3) is 5.57 Å². The molecule has 0 N–H and O–H groups in total. The van der Waals surface area contributed by atoms with E-state index in [1.54, 1.807) is 6.07 Å². The van der Waals surface area contributed by atoms with Crippen molar-refractivity contribution in [1.82, 2.24) is 0 Å². The van der Waals surface area contributed by atoms with Crippen molar-refractivity contribution in [3.05, 3.63) is 40.7 Å². The summed E-state index contributed by atoms with van der Waals surface area (Å²) >= 11 is 0. The first kappa shape index (κ1) is 9.45. The van der Waals surface area contributed by atoms with Gasteiger partial charge < -0.3 is 0 Å². The molecule has 2 rings (SSSR count). The number of halogens is 1. The van der Waals surface area contributed by atoms with Crippen molar-refractivity contribution >= 4 is 5.57 Å². The number of benzene rings is 1. The van der Waals surface area contributed by atoms with Crippen molar-refractivity contribution in [2.24, 2.45) is 5.92 Å². The van der Waals surface area contributed by atoms with E-state index in [4.69, 9.17) is 0 Å². The van der Waals surface area contributed by atoms with Gasteiger partial charge in [0.15, 0.2) is 0 Å². The van der Waals surface area contributed by atoms with Gasteiger partial charge in [-0.2, -0.15) is 0 Å². The molecule has 0 heterocycles. The van der Waals surface area contributed by atoms with Crippen LogP contribution in [0.3, 0.4) is 0 Å². The fourth-order valence-electron chi connectivity index (χ4n) is 1.86. The van der Waals surface area contributed by atoms with Crippen LogP contribution < -0.4 is 0 Å². The lowest BCUT2D eigenvalue weighted by atomic mass is 9.81. The molecule has 1 unspecified atom stereocenters. The lowest BCUT2D eigenvalue weighted by Crippen LogP contribution is -2.07. The van der Waals surface area contributed by atoms with Crippen LogP contribution in [0.4, 0.5) is 4.39 Å². The average Bonchev–Trinajstić information content (AvgIpc) is 2.11. The molecular formula is C13H15F. The minimum Gasteiger partial charge on any atom is -0.207 e. The predicted octanol–water partition coefficient (Wildman–Crippen LogP) is 3.87. The Kier molecular flexibility index (Phi) is 2.18. The number of allylic oxidation sites excluding steroid dienone is 2. The zero-order chi connectivity index (χ0) is 10.3. The van der Waals surface area contributed by atoms with Crippen molar-refractivity contribution in [2.45, 2.75) is 27.2 Å². The predicted molar refractivity (Wildman–Crippen MR) is 57.6 cm³/mol. The highest BCUT2D eigenvalue weighted by atomic mass is 19.1. The Morgan fingerprint density at radius 3 is 2.43 bits per heavy atom. The summed E-state index contributed by atoms with van der Waals surface area (Å²) in [4.78, 5) is 0. The third-order valence-electron chi connectivity index (χ3n) is 3.16. The standard InChI is InChI=1S/C13H15F/c1-8-4-5-12(8)11-6-9(2)10(3)13(14)7-11/h5-8H,4H2,1-3H3. The number of rotatable bonds is 1. The van der Waals surface area contributed by atoms with E-state index in [9.17, 15) is 4.39 Å². The molecule has 0 spiro atoms. The summed E-state index contributed by atoms with van der Waals surface area (Å²) in [6.45, 7) is 5.97. The van der Waals surface area contributed by atoms with E-state index in [0.29, 0.717) is 5.92 Å². The first-order valence-electron chi connectivity index (χ1n) is 5.06. The van der Waals surface area contributed by atoms with Crippen molar-refractivity contribution in [3.8, 4) is 0 Å². The minimum atomic E-state index is -0.0833. The third-order valence-corrected chi connectivity index (χ3v) is 3.16. The molecule has 0 bridgehead atoms. The molecule has 0 aliphatic heterocycles. The van der Waals surface area contributed by atoms with Crippen LogP contribution in [-0.4, -0.2) is 0 Å². The first-order valence-corrected chi connectivity index (χ1v) is 5.06. The summed E-state index contributed by atoms with van der Waals surface area (Å²) in [5.74, 6) is 0.511. The second-order valence-corrected chi connectivity index (χ2v) is 4.20. The van der Waals surface area contributed by atoms with Crippen LogP contribution in [0.2, 0.25) is 0 Å². The van der Waals surface area contributed by atoms with Crippen molar-refractivity contribution in [1.29, 1.82) is 0 Å². The summed E-state index contributed by atoms with van der Waals surface area (Å²) in [7, 11) is 0. The Morgan fingerprint density at radius 2 is 2.00 bits per heavy atom. The molecule has 74 valence electrons. The molecule has 0 saturated heterocycles. The molecule has 1 aliphatic carbocycles. The van der Waals surface area contributed by atoms with Crippen molar-refractivity contribution in [3.63, 3.8) is 0 Å². The zero-order valence-corrected chi connectivity index (χ0v) is 8.89. The molecule has 14 heavy (non-hydrogen) atoms. The van der Waals surface area contributed by atoms with Gasteiger partial charge in [0, 0.05) is 0 Å². The Hall–Kier alpha value is -1.11. The molecule has 1 aliphatic rings.